The minimum Gasteiger partial charge on any atom is -0.504 e. The summed E-state index contributed by atoms with van der Waals surface area (Å²) in [6.07, 6.45) is 0. The molecule has 20 heavy (non-hydrogen) atoms. The molecule has 1 heterocycles. The van der Waals surface area contributed by atoms with Crippen LogP contribution in [0.25, 0.3) is 0 Å². The van der Waals surface area contributed by atoms with Crippen molar-refractivity contribution in [2.75, 3.05) is 39.8 Å². The van der Waals surface area contributed by atoms with E-state index in [1.54, 1.807) is 6.07 Å². The third kappa shape index (κ3) is 3.62. The van der Waals surface area contributed by atoms with Crippen molar-refractivity contribution >= 4 is 0 Å². The number of phenolic OH excluding ortho intramolecular Hbond substituents is 1. The molecule has 1 fully saturated rings. The van der Waals surface area contributed by atoms with Gasteiger partial charge >= 0.3 is 0 Å². The van der Waals surface area contributed by atoms with Crippen molar-refractivity contribution in [1.29, 1.82) is 0 Å². The Morgan fingerprint density at radius 2 is 2.20 bits per heavy atom. The number of nitrogens with two attached hydrogens (primary N) is 1. The van der Waals surface area contributed by atoms with Crippen LogP contribution >= 0.6 is 0 Å². The molecule has 0 amide bonds. The normalized spacial score (nSPS) is 21.1. The average molecular weight is 279 g/mol. The highest BCUT2D eigenvalue weighted by Crippen LogP contribution is 2.27. The maximum Gasteiger partial charge on any atom is 0.161 e. The van der Waals surface area contributed by atoms with Gasteiger partial charge in [-0.05, 0) is 31.7 Å². The summed E-state index contributed by atoms with van der Waals surface area (Å²) < 4.78 is 5.44. The summed E-state index contributed by atoms with van der Waals surface area (Å²) in [5.41, 5.74) is 7.03. The van der Waals surface area contributed by atoms with Crippen LogP contribution in [0.2, 0.25) is 0 Å². The van der Waals surface area contributed by atoms with Gasteiger partial charge in [0.15, 0.2) is 11.5 Å². The molecule has 0 aliphatic carbocycles. The van der Waals surface area contributed by atoms with Gasteiger partial charge in [0.05, 0.1) is 6.61 Å². The number of aromatic hydroxyl groups is 1. The lowest BCUT2D eigenvalue weighted by molar-refractivity contribution is 0.0880. The number of phenols is 1. The van der Waals surface area contributed by atoms with Gasteiger partial charge in [-0.3, -0.25) is 4.90 Å². The number of hydrogen-bond donors (Lipinski definition) is 2. The Hall–Kier alpha value is -1.30. The number of piperazine rings is 1. The Morgan fingerprint density at radius 1 is 1.40 bits per heavy atom. The molecular weight excluding hydrogens is 254 g/mol. The number of ether oxygens (including phenoxy) is 1. The summed E-state index contributed by atoms with van der Waals surface area (Å²) in [4.78, 5) is 4.72. The van der Waals surface area contributed by atoms with Crippen LogP contribution in [0.3, 0.4) is 0 Å². The van der Waals surface area contributed by atoms with Gasteiger partial charge < -0.3 is 20.5 Å². The fourth-order valence-corrected chi connectivity index (χ4v) is 2.64. The highest BCUT2D eigenvalue weighted by Gasteiger charge is 2.24. The molecular formula is C15H25N3O2. The largest absolute Gasteiger partial charge is 0.504 e. The minimum atomic E-state index is 0.198. The first kappa shape index (κ1) is 15.1. The van der Waals surface area contributed by atoms with E-state index in [4.69, 9.17) is 10.5 Å². The van der Waals surface area contributed by atoms with Crippen molar-refractivity contribution in [3.8, 4) is 11.5 Å². The summed E-state index contributed by atoms with van der Waals surface area (Å²) in [7, 11) is 2.13. The molecule has 0 bridgehead atoms. The molecule has 1 aromatic carbocycles. The molecule has 1 unspecified atom stereocenters. The molecule has 1 aromatic rings. The maximum atomic E-state index is 9.74. The Balaban J connectivity index is 2.07. The fraction of sp³-hybridized carbons (Fsp3) is 0.600. The van der Waals surface area contributed by atoms with Crippen LogP contribution in [-0.2, 0) is 6.54 Å². The summed E-state index contributed by atoms with van der Waals surface area (Å²) in [5.74, 6) is 0.757. The van der Waals surface area contributed by atoms with E-state index in [1.165, 1.54) is 0 Å². The standard InChI is InChI=1S/C15H25N3O2/c1-3-20-15-8-12(4-5-14(15)19)10-18-7-6-17(2)11-13(18)9-16/h4-5,8,13,19H,3,6-7,9-11,16H2,1-2H3. The lowest BCUT2D eigenvalue weighted by Crippen LogP contribution is -2.54. The molecule has 1 aliphatic rings. The number of rotatable bonds is 5. The Kier molecular flexibility index (Phi) is 5.23. The van der Waals surface area contributed by atoms with Crippen LogP contribution in [0.1, 0.15) is 12.5 Å². The zero-order valence-corrected chi connectivity index (χ0v) is 12.4. The molecule has 1 aliphatic heterocycles. The smallest absolute Gasteiger partial charge is 0.161 e. The van der Waals surface area contributed by atoms with Gasteiger partial charge in [-0.2, -0.15) is 0 Å². The van der Waals surface area contributed by atoms with Gasteiger partial charge in [-0.15, -0.1) is 0 Å². The fourth-order valence-electron chi connectivity index (χ4n) is 2.64. The van der Waals surface area contributed by atoms with Crippen LogP contribution in [0, 0.1) is 0 Å². The predicted octanol–water partition coefficient (Wildman–Crippen LogP) is 0.866. The van der Waals surface area contributed by atoms with E-state index in [-0.39, 0.29) is 5.75 Å². The van der Waals surface area contributed by atoms with Gasteiger partial charge in [0.1, 0.15) is 0 Å². The third-order valence-electron chi connectivity index (χ3n) is 3.79. The molecule has 1 saturated heterocycles. The summed E-state index contributed by atoms with van der Waals surface area (Å²) in [5, 5.41) is 9.74. The van der Waals surface area contributed by atoms with Crippen molar-refractivity contribution in [1.82, 2.24) is 9.80 Å². The van der Waals surface area contributed by atoms with E-state index in [0.717, 1.165) is 31.7 Å². The van der Waals surface area contributed by atoms with Crippen LogP contribution in [0.4, 0.5) is 0 Å². The van der Waals surface area contributed by atoms with Crippen molar-refractivity contribution < 1.29 is 9.84 Å². The molecule has 0 spiro atoms. The van der Waals surface area contributed by atoms with Gasteiger partial charge in [0, 0.05) is 38.8 Å². The zero-order chi connectivity index (χ0) is 14.5. The first-order chi connectivity index (χ1) is 9.63. The Labute approximate surface area is 120 Å². The van der Waals surface area contributed by atoms with E-state index >= 15 is 0 Å². The van der Waals surface area contributed by atoms with Gasteiger partial charge in [0.25, 0.3) is 0 Å². The monoisotopic (exact) mass is 279 g/mol. The highest BCUT2D eigenvalue weighted by molar-refractivity contribution is 5.41. The van der Waals surface area contributed by atoms with E-state index in [0.29, 0.717) is 24.9 Å². The molecule has 3 N–H and O–H groups in total. The highest BCUT2D eigenvalue weighted by atomic mass is 16.5. The molecule has 5 nitrogen and oxygen atoms in total. The quantitative estimate of drug-likeness (QED) is 0.837. The molecule has 0 radical (unpaired) electrons. The van der Waals surface area contributed by atoms with Gasteiger partial charge in [-0.25, -0.2) is 0 Å². The minimum absolute atomic E-state index is 0.198. The van der Waals surface area contributed by atoms with Crippen molar-refractivity contribution in [3.63, 3.8) is 0 Å². The van der Waals surface area contributed by atoms with Crippen LogP contribution in [0.5, 0.6) is 11.5 Å². The molecule has 0 saturated carbocycles. The van der Waals surface area contributed by atoms with E-state index in [2.05, 4.69) is 16.8 Å². The number of likely N-dealkylation sites (N-methyl/N-ethyl adjacent to an activating group) is 1. The van der Waals surface area contributed by atoms with E-state index < -0.39 is 0 Å². The summed E-state index contributed by atoms with van der Waals surface area (Å²) >= 11 is 0. The van der Waals surface area contributed by atoms with E-state index in [1.807, 2.05) is 19.1 Å². The average Bonchev–Trinajstić information content (AvgIpc) is 2.44. The molecule has 5 heteroatoms. The Bertz CT molecular complexity index is 439. The van der Waals surface area contributed by atoms with Crippen molar-refractivity contribution in [2.45, 2.75) is 19.5 Å². The second-order valence-corrected chi connectivity index (χ2v) is 5.36. The van der Waals surface area contributed by atoms with Crippen LogP contribution in [0.15, 0.2) is 18.2 Å². The number of benzene rings is 1. The summed E-state index contributed by atoms with van der Waals surface area (Å²) in [6.45, 7) is 7.06. The molecule has 0 aromatic heterocycles. The second-order valence-electron chi connectivity index (χ2n) is 5.36. The third-order valence-corrected chi connectivity index (χ3v) is 3.79. The number of nitrogens with zero attached hydrogens (tertiary/aromatic N) is 2. The Morgan fingerprint density at radius 3 is 2.90 bits per heavy atom. The maximum absolute atomic E-state index is 9.74. The van der Waals surface area contributed by atoms with Crippen molar-refractivity contribution in [2.24, 2.45) is 5.73 Å². The summed E-state index contributed by atoms with van der Waals surface area (Å²) in [6, 6.07) is 5.96. The molecule has 2 rings (SSSR count). The SMILES string of the molecule is CCOc1cc(CN2CCN(C)CC2CN)ccc1O. The van der Waals surface area contributed by atoms with Crippen LogP contribution < -0.4 is 10.5 Å². The zero-order valence-electron chi connectivity index (χ0n) is 12.4. The lowest BCUT2D eigenvalue weighted by atomic mass is 10.1. The van der Waals surface area contributed by atoms with Crippen LogP contribution in [-0.4, -0.2) is 60.8 Å². The molecule has 112 valence electrons. The van der Waals surface area contributed by atoms with Gasteiger partial charge in [0.2, 0.25) is 0 Å². The van der Waals surface area contributed by atoms with Crippen molar-refractivity contribution in [3.05, 3.63) is 23.8 Å². The predicted molar refractivity (Wildman–Crippen MR) is 80.0 cm³/mol. The number of hydrogen-bond acceptors (Lipinski definition) is 5. The first-order valence-electron chi connectivity index (χ1n) is 7.21. The lowest BCUT2D eigenvalue weighted by Gasteiger charge is -2.39. The topological polar surface area (TPSA) is 62.0 Å². The second kappa shape index (κ2) is 6.92. The van der Waals surface area contributed by atoms with Gasteiger partial charge in [-0.1, -0.05) is 6.07 Å². The molecule has 1 atom stereocenters. The first-order valence-corrected chi connectivity index (χ1v) is 7.21. The van der Waals surface area contributed by atoms with E-state index in [9.17, 15) is 5.11 Å².